The molecule has 0 aliphatic heterocycles. The number of nitrogens with one attached hydrogen (secondary N) is 1. The molecule has 150 valence electrons. The third-order valence-electron chi connectivity index (χ3n) is 5.75. The van der Waals surface area contributed by atoms with Crippen molar-refractivity contribution in [3.05, 3.63) is 71.2 Å². The summed E-state index contributed by atoms with van der Waals surface area (Å²) in [6.07, 6.45) is 1.71. The van der Waals surface area contributed by atoms with Crippen molar-refractivity contribution in [2.45, 2.75) is 38.8 Å². The second-order valence-corrected chi connectivity index (χ2v) is 7.65. The highest BCUT2D eigenvalue weighted by molar-refractivity contribution is 5.89. The molecule has 4 rings (SSSR count). The third kappa shape index (κ3) is 3.75. The van der Waals surface area contributed by atoms with E-state index in [1.54, 1.807) is 10.6 Å². The Bertz CT molecular complexity index is 1070. The van der Waals surface area contributed by atoms with Crippen LogP contribution in [0.2, 0.25) is 0 Å². The molecule has 6 heteroatoms. The number of hydrogen-bond acceptors (Lipinski definition) is 2. The van der Waals surface area contributed by atoms with Crippen LogP contribution in [0.3, 0.4) is 0 Å². The van der Waals surface area contributed by atoms with Gasteiger partial charge in [-0.3, -0.25) is 9.59 Å². The lowest BCUT2D eigenvalue weighted by molar-refractivity contribution is -0.137. The van der Waals surface area contributed by atoms with Crippen LogP contribution in [0, 0.1) is 11.7 Å². The summed E-state index contributed by atoms with van der Waals surface area (Å²) in [7, 11) is 0. The van der Waals surface area contributed by atoms with Gasteiger partial charge in [-0.25, -0.2) is 4.39 Å². The number of nitrogens with zero attached hydrogens (tertiary/aromatic N) is 1. The summed E-state index contributed by atoms with van der Waals surface area (Å²) in [5.41, 5.74) is 3.53. The number of rotatable bonds is 5. The standard InChI is InChI=1S/C23H23FN2O3/c1-14(15-5-3-2-4-6-15)25-23(29)16-7-9-20-18(11-16)19-12-17(24)8-10-21(19)26(20)13-22(27)28/h2-6,8,10,12,14,16H,7,9,11,13H2,1H3,(H,25,29)(H,27,28)/t14-,16?/m1/s1. The molecular formula is C23H23FN2O3. The molecule has 0 spiro atoms. The van der Waals surface area contributed by atoms with Crippen LogP contribution in [-0.2, 0) is 29.0 Å². The Morgan fingerprint density at radius 1 is 1.24 bits per heavy atom. The Hall–Kier alpha value is -3.15. The lowest BCUT2D eigenvalue weighted by Crippen LogP contribution is -2.35. The molecule has 1 heterocycles. The molecular weight excluding hydrogens is 371 g/mol. The molecule has 1 aliphatic carbocycles. The predicted octanol–water partition coefficient (Wildman–Crippen LogP) is 3.85. The quantitative estimate of drug-likeness (QED) is 0.691. The van der Waals surface area contributed by atoms with Gasteiger partial charge in [0.2, 0.25) is 5.91 Å². The molecule has 0 saturated carbocycles. The molecule has 3 aromatic rings. The number of halogens is 1. The Balaban J connectivity index is 1.61. The lowest BCUT2D eigenvalue weighted by Gasteiger charge is -2.25. The maximum atomic E-state index is 13.9. The Labute approximate surface area is 168 Å². The van der Waals surface area contributed by atoms with Crippen molar-refractivity contribution in [1.29, 1.82) is 0 Å². The number of fused-ring (bicyclic) bond motifs is 3. The predicted molar refractivity (Wildman–Crippen MR) is 108 cm³/mol. The zero-order chi connectivity index (χ0) is 20.5. The van der Waals surface area contributed by atoms with E-state index >= 15 is 0 Å². The number of aliphatic carboxylic acids is 1. The second-order valence-electron chi connectivity index (χ2n) is 7.65. The van der Waals surface area contributed by atoms with Crippen LogP contribution in [0.4, 0.5) is 4.39 Å². The summed E-state index contributed by atoms with van der Waals surface area (Å²) in [6.45, 7) is 1.79. The summed E-state index contributed by atoms with van der Waals surface area (Å²) in [4.78, 5) is 24.2. The number of amides is 1. The summed E-state index contributed by atoms with van der Waals surface area (Å²) in [5, 5.41) is 13.1. The van der Waals surface area contributed by atoms with Crippen LogP contribution < -0.4 is 5.32 Å². The molecule has 2 aromatic carbocycles. The topological polar surface area (TPSA) is 71.3 Å². The fraction of sp³-hybridized carbons (Fsp3) is 0.304. The van der Waals surface area contributed by atoms with E-state index in [2.05, 4.69) is 5.32 Å². The van der Waals surface area contributed by atoms with E-state index in [1.165, 1.54) is 12.1 Å². The lowest BCUT2D eigenvalue weighted by atomic mass is 9.85. The van der Waals surface area contributed by atoms with E-state index in [1.807, 2.05) is 37.3 Å². The maximum absolute atomic E-state index is 13.9. The van der Waals surface area contributed by atoms with Gasteiger partial charge in [0.05, 0.1) is 6.04 Å². The minimum atomic E-state index is -0.939. The first-order chi connectivity index (χ1) is 13.9. The van der Waals surface area contributed by atoms with Gasteiger partial charge >= 0.3 is 5.97 Å². The van der Waals surface area contributed by atoms with Gasteiger partial charge in [0.1, 0.15) is 12.4 Å². The van der Waals surface area contributed by atoms with Crippen LogP contribution in [0.5, 0.6) is 0 Å². The zero-order valence-electron chi connectivity index (χ0n) is 16.2. The first-order valence-corrected chi connectivity index (χ1v) is 9.80. The molecule has 29 heavy (non-hydrogen) atoms. The van der Waals surface area contributed by atoms with Crippen molar-refractivity contribution in [2.24, 2.45) is 5.92 Å². The highest BCUT2D eigenvalue weighted by Crippen LogP contribution is 2.35. The molecule has 1 aliphatic rings. The first-order valence-electron chi connectivity index (χ1n) is 9.80. The Kier molecular flexibility index (Phi) is 5.09. The fourth-order valence-corrected chi connectivity index (χ4v) is 4.32. The van der Waals surface area contributed by atoms with Crippen LogP contribution in [0.15, 0.2) is 48.5 Å². The number of carboxylic acid groups (broad SMARTS) is 1. The molecule has 1 unspecified atom stereocenters. The molecule has 0 radical (unpaired) electrons. The number of carbonyl (C=O) groups excluding carboxylic acids is 1. The maximum Gasteiger partial charge on any atom is 0.323 e. The average Bonchev–Trinajstić information content (AvgIpc) is 3.00. The monoisotopic (exact) mass is 394 g/mol. The highest BCUT2D eigenvalue weighted by atomic mass is 19.1. The Morgan fingerprint density at radius 3 is 2.72 bits per heavy atom. The van der Waals surface area contributed by atoms with E-state index in [0.29, 0.717) is 30.2 Å². The van der Waals surface area contributed by atoms with Gasteiger partial charge in [0.25, 0.3) is 0 Å². The first kappa shape index (κ1) is 19.2. The number of hydrogen-bond donors (Lipinski definition) is 2. The van der Waals surface area contributed by atoms with Gasteiger partial charge in [-0.15, -0.1) is 0 Å². The van der Waals surface area contributed by atoms with Gasteiger partial charge in [-0.05, 0) is 55.5 Å². The van der Waals surface area contributed by atoms with E-state index in [-0.39, 0.29) is 30.2 Å². The van der Waals surface area contributed by atoms with E-state index in [4.69, 9.17) is 0 Å². The molecule has 0 saturated heterocycles. The van der Waals surface area contributed by atoms with Crippen molar-refractivity contribution in [3.63, 3.8) is 0 Å². The smallest absolute Gasteiger partial charge is 0.323 e. The van der Waals surface area contributed by atoms with Crippen LogP contribution in [0.25, 0.3) is 10.9 Å². The summed E-state index contributed by atoms with van der Waals surface area (Å²) >= 11 is 0. The number of carbonyl (C=O) groups is 2. The van der Waals surface area contributed by atoms with Crippen molar-refractivity contribution in [1.82, 2.24) is 9.88 Å². The fourth-order valence-electron chi connectivity index (χ4n) is 4.32. The minimum Gasteiger partial charge on any atom is -0.480 e. The molecule has 5 nitrogen and oxygen atoms in total. The van der Waals surface area contributed by atoms with Crippen molar-refractivity contribution < 1.29 is 19.1 Å². The molecule has 0 fully saturated rings. The van der Waals surface area contributed by atoms with Gasteiger partial charge < -0.3 is 15.0 Å². The normalized spacial score (nSPS) is 17.0. The Morgan fingerprint density at radius 2 is 2.00 bits per heavy atom. The third-order valence-corrected chi connectivity index (χ3v) is 5.75. The van der Waals surface area contributed by atoms with Crippen LogP contribution in [-0.4, -0.2) is 21.6 Å². The van der Waals surface area contributed by atoms with E-state index < -0.39 is 5.97 Å². The highest BCUT2D eigenvalue weighted by Gasteiger charge is 2.30. The number of carboxylic acids is 1. The summed E-state index contributed by atoms with van der Waals surface area (Å²) in [5.74, 6) is -1.55. The summed E-state index contributed by atoms with van der Waals surface area (Å²) < 4.78 is 15.6. The second kappa shape index (κ2) is 7.70. The number of benzene rings is 2. The van der Waals surface area contributed by atoms with Gasteiger partial charge in [-0.1, -0.05) is 30.3 Å². The van der Waals surface area contributed by atoms with Gasteiger partial charge in [0, 0.05) is 22.5 Å². The van der Waals surface area contributed by atoms with Gasteiger partial charge in [0.15, 0.2) is 0 Å². The largest absolute Gasteiger partial charge is 0.480 e. The molecule has 2 atom stereocenters. The van der Waals surface area contributed by atoms with Crippen molar-refractivity contribution in [3.8, 4) is 0 Å². The van der Waals surface area contributed by atoms with Gasteiger partial charge in [-0.2, -0.15) is 0 Å². The van der Waals surface area contributed by atoms with E-state index in [9.17, 15) is 19.1 Å². The van der Waals surface area contributed by atoms with Crippen molar-refractivity contribution in [2.75, 3.05) is 0 Å². The number of aromatic nitrogens is 1. The average molecular weight is 394 g/mol. The minimum absolute atomic E-state index is 0.0254. The molecule has 1 amide bonds. The van der Waals surface area contributed by atoms with Crippen molar-refractivity contribution >= 4 is 22.8 Å². The van der Waals surface area contributed by atoms with E-state index in [0.717, 1.165) is 16.8 Å². The SMILES string of the molecule is C[C@@H](NC(=O)C1CCc2c(c3cc(F)ccc3n2CC(=O)O)C1)c1ccccc1. The zero-order valence-corrected chi connectivity index (χ0v) is 16.2. The molecule has 1 aromatic heterocycles. The molecule has 0 bridgehead atoms. The summed E-state index contributed by atoms with van der Waals surface area (Å²) in [6, 6.07) is 14.1. The molecule has 2 N–H and O–H groups in total. The van der Waals surface area contributed by atoms with Crippen LogP contribution >= 0.6 is 0 Å². The van der Waals surface area contributed by atoms with Crippen LogP contribution in [0.1, 0.15) is 36.2 Å².